The minimum atomic E-state index is -3.62. The lowest BCUT2D eigenvalue weighted by atomic mass is 10.1. The Bertz CT molecular complexity index is 1060. The van der Waals surface area contributed by atoms with Crippen molar-refractivity contribution in [3.05, 3.63) is 53.6 Å². The average Bonchev–Trinajstić information content (AvgIpc) is 3.13. The third-order valence-electron chi connectivity index (χ3n) is 5.26. The van der Waals surface area contributed by atoms with Crippen molar-refractivity contribution in [2.45, 2.75) is 31.6 Å². The first-order valence-corrected chi connectivity index (χ1v) is 12.0. The topological polar surface area (TPSA) is 105 Å². The first-order chi connectivity index (χ1) is 15.2. The van der Waals surface area contributed by atoms with Crippen molar-refractivity contribution in [2.24, 2.45) is 5.92 Å². The van der Waals surface area contributed by atoms with Crippen LogP contribution in [-0.2, 0) is 24.3 Å². The van der Waals surface area contributed by atoms with Crippen LogP contribution < -0.4 is 14.9 Å². The van der Waals surface area contributed by atoms with Crippen molar-refractivity contribution in [1.82, 2.24) is 4.72 Å². The van der Waals surface area contributed by atoms with E-state index in [9.17, 15) is 18.0 Å². The van der Waals surface area contributed by atoms with Crippen LogP contribution >= 0.6 is 0 Å². The van der Waals surface area contributed by atoms with Gasteiger partial charge in [-0.25, -0.2) is 13.1 Å². The highest BCUT2D eigenvalue weighted by atomic mass is 32.2. The number of carbonyl (C=O) groups is 2. The van der Waals surface area contributed by atoms with Crippen molar-refractivity contribution in [1.29, 1.82) is 0 Å². The Morgan fingerprint density at radius 2 is 1.78 bits per heavy atom. The molecule has 1 saturated heterocycles. The molecular formula is C23H29N3O5S. The molecule has 32 heavy (non-hydrogen) atoms. The summed E-state index contributed by atoms with van der Waals surface area (Å²) < 4.78 is 32.0. The molecule has 1 aliphatic rings. The number of methoxy groups -OCH3 is 1. The van der Waals surface area contributed by atoms with Crippen LogP contribution in [0.5, 0.6) is 0 Å². The molecule has 1 heterocycles. The van der Waals surface area contributed by atoms with Crippen LogP contribution in [0.4, 0.5) is 11.4 Å². The molecule has 1 atom stereocenters. The predicted molar refractivity (Wildman–Crippen MR) is 123 cm³/mol. The highest BCUT2D eigenvalue weighted by Crippen LogP contribution is 2.28. The number of nitrogens with zero attached hydrogens (tertiary/aromatic N) is 1. The number of carbonyl (C=O) groups excluding carboxylic acids is 2. The molecule has 3 rings (SSSR count). The molecular weight excluding hydrogens is 430 g/mol. The second-order valence-corrected chi connectivity index (χ2v) is 9.78. The highest BCUT2D eigenvalue weighted by molar-refractivity contribution is 7.89. The minimum Gasteiger partial charge on any atom is -0.385 e. The van der Waals surface area contributed by atoms with E-state index in [-0.39, 0.29) is 29.7 Å². The second-order valence-electron chi connectivity index (χ2n) is 8.01. The van der Waals surface area contributed by atoms with Crippen LogP contribution in [0.15, 0.2) is 47.4 Å². The predicted octanol–water partition coefficient (Wildman–Crippen LogP) is 2.61. The lowest BCUT2D eigenvalue weighted by molar-refractivity contribution is -0.122. The normalized spacial score (nSPS) is 16.4. The summed E-state index contributed by atoms with van der Waals surface area (Å²) in [5.41, 5.74) is 3.40. The quantitative estimate of drug-likeness (QED) is 0.561. The average molecular weight is 460 g/mol. The largest absolute Gasteiger partial charge is 0.385 e. The molecule has 0 aliphatic carbocycles. The van der Waals surface area contributed by atoms with Crippen molar-refractivity contribution in [3.63, 3.8) is 0 Å². The molecule has 0 spiro atoms. The maximum atomic E-state index is 12.7. The number of ether oxygens (including phenoxy) is 1. The molecule has 0 radical (unpaired) electrons. The zero-order valence-electron chi connectivity index (χ0n) is 18.6. The Hall–Kier alpha value is -2.75. The third-order valence-corrected chi connectivity index (χ3v) is 6.74. The van der Waals surface area contributed by atoms with E-state index in [0.29, 0.717) is 25.3 Å². The molecule has 0 aromatic heterocycles. The summed E-state index contributed by atoms with van der Waals surface area (Å²) in [5.74, 6) is -0.830. The fourth-order valence-corrected chi connectivity index (χ4v) is 4.78. The molecule has 0 bridgehead atoms. The Balaban J connectivity index is 1.61. The van der Waals surface area contributed by atoms with Crippen molar-refractivity contribution in [3.8, 4) is 0 Å². The summed E-state index contributed by atoms with van der Waals surface area (Å²) in [5, 5.41) is 2.79. The maximum Gasteiger partial charge on any atom is 0.240 e. The Labute approximate surface area is 189 Å². The molecule has 1 fully saturated rings. The highest BCUT2D eigenvalue weighted by Gasteiger charge is 2.35. The Morgan fingerprint density at radius 1 is 1.12 bits per heavy atom. The number of anilines is 2. The summed E-state index contributed by atoms with van der Waals surface area (Å²) in [6, 6.07) is 11.9. The van der Waals surface area contributed by atoms with Gasteiger partial charge in [0, 0.05) is 44.6 Å². The Kier molecular flexibility index (Phi) is 7.65. The summed E-state index contributed by atoms with van der Waals surface area (Å²) in [7, 11) is -2.06. The number of hydrogen-bond acceptors (Lipinski definition) is 5. The lowest BCUT2D eigenvalue weighted by Crippen LogP contribution is -2.28. The van der Waals surface area contributed by atoms with Crippen LogP contribution in [0.2, 0.25) is 0 Å². The number of benzene rings is 2. The standard InChI is InChI=1S/C23H29N3O5S/c1-16-11-17(2)13-20(12-16)26-15-18(14-22(26)27)23(28)25-19-5-7-21(8-6-19)32(29,30)24-9-4-10-31-3/h5-8,11-13,18,24H,4,9-10,14-15H2,1-3H3,(H,25,28). The molecule has 0 saturated carbocycles. The number of sulfonamides is 1. The molecule has 2 aromatic rings. The maximum absolute atomic E-state index is 12.7. The summed E-state index contributed by atoms with van der Waals surface area (Å²) in [4.78, 5) is 27.0. The molecule has 2 N–H and O–H groups in total. The van der Waals surface area contributed by atoms with Gasteiger partial charge >= 0.3 is 0 Å². The molecule has 2 aromatic carbocycles. The van der Waals surface area contributed by atoms with E-state index in [1.165, 1.54) is 12.1 Å². The van der Waals surface area contributed by atoms with Crippen molar-refractivity contribution < 1.29 is 22.7 Å². The first kappa shape index (κ1) is 23.9. The van der Waals surface area contributed by atoms with Gasteiger partial charge in [-0.3, -0.25) is 9.59 Å². The second kappa shape index (κ2) is 10.2. The van der Waals surface area contributed by atoms with E-state index in [4.69, 9.17) is 4.74 Å². The van der Waals surface area contributed by atoms with Gasteiger partial charge in [0.1, 0.15) is 0 Å². The van der Waals surface area contributed by atoms with Gasteiger partial charge in [-0.05, 0) is 67.8 Å². The van der Waals surface area contributed by atoms with Gasteiger partial charge in [-0.15, -0.1) is 0 Å². The van der Waals surface area contributed by atoms with E-state index < -0.39 is 15.9 Å². The van der Waals surface area contributed by atoms with Crippen LogP contribution in [0, 0.1) is 19.8 Å². The third kappa shape index (κ3) is 5.93. The van der Waals surface area contributed by atoms with Crippen LogP contribution in [0.25, 0.3) is 0 Å². The van der Waals surface area contributed by atoms with E-state index >= 15 is 0 Å². The number of rotatable bonds is 9. The van der Waals surface area contributed by atoms with Crippen LogP contribution in [0.3, 0.4) is 0 Å². The molecule has 1 unspecified atom stereocenters. The van der Waals surface area contributed by atoms with Crippen molar-refractivity contribution >= 4 is 33.2 Å². The van der Waals surface area contributed by atoms with Crippen LogP contribution in [-0.4, -0.2) is 47.0 Å². The van der Waals surface area contributed by atoms with Gasteiger partial charge in [0.15, 0.2) is 0 Å². The number of amides is 2. The molecule has 8 nitrogen and oxygen atoms in total. The monoisotopic (exact) mass is 459 g/mol. The van der Waals surface area contributed by atoms with Gasteiger partial charge in [0.25, 0.3) is 0 Å². The number of aryl methyl sites for hydroxylation is 2. The molecule has 2 amide bonds. The zero-order chi connectivity index (χ0) is 23.3. The van der Waals surface area contributed by atoms with Gasteiger partial charge in [-0.1, -0.05) is 6.07 Å². The van der Waals surface area contributed by atoms with E-state index in [0.717, 1.165) is 16.8 Å². The molecule has 9 heteroatoms. The van der Waals surface area contributed by atoms with Gasteiger partial charge in [0.05, 0.1) is 10.8 Å². The summed E-state index contributed by atoms with van der Waals surface area (Å²) >= 11 is 0. The van der Waals surface area contributed by atoms with Gasteiger partial charge in [-0.2, -0.15) is 0 Å². The summed E-state index contributed by atoms with van der Waals surface area (Å²) in [6.45, 7) is 5.01. The molecule has 172 valence electrons. The Morgan fingerprint density at radius 3 is 2.41 bits per heavy atom. The number of hydrogen-bond donors (Lipinski definition) is 2. The molecule has 1 aliphatic heterocycles. The summed E-state index contributed by atoms with van der Waals surface area (Å²) in [6.07, 6.45) is 0.708. The van der Waals surface area contributed by atoms with Gasteiger partial charge in [0.2, 0.25) is 21.8 Å². The SMILES string of the molecule is COCCCNS(=O)(=O)c1ccc(NC(=O)C2CC(=O)N(c3cc(C)cc(C)c3)C2)cc1. The van der Waals surface area contributed by atoms with Gasteiger partial charge < -0.3 is 15.0 Å². The number of nitrogens with one attached hydrogen (secondary N) is 2. The first-order valence-electron chi connectivity index (χ1n) is 10.5. The van der Waals surface area contributed by atoms with Crippen molar-refractivity contribution in [2.75, 3.05) is 37.0 Å². The van der Waals surface area contributed by atoms with Crippen LogP contribution in [0.1, 0.15) is 24.0 Å². The minimum absolute atomic E-state index is 0.0869. The smallest absolute Gasteiger partial charge is 0.240 e. The fourth-order valence-electron chi connectivity index (χ4n) is 3.71. The zero-order valence-corrected chi connectivity index (χ0v) is 19.4. The lowest BCUT2D eigenvalue weighted by Gasteiger charge is -2.18. The van der Waals surface area contributed by atoms with E-state index in [2.05, 4.69) is 10.0 Å². The van der Waals surface area contributed by atoms with E-state index in [1.54, 1.807) is 24.1 Å². The van der Waals surface area contributed by atoms with E-state index in [1.807, 2.05) is 32.0 Å². The fraction of sp³-hybridized carbons (Fsp3) is 0.391.